The molecule has 0 aliphatic rings. The predicted octanol–water partition coefficient (Wildman–Crippen LogP) is 4.24. The van der Waals surface area contributed by atoms with Crippen molar-refractivity contribution in [2.75, 3.05) is 0 Å². The number of para-hydroxylation sites is 2. The summed E-state index contributed by atoms with van der Waals surface area (Å²) in [5.74, 6) is 1.76. The Morgan fingerprint density at radius 1 is 0.944 bits per heavy atom. The van der Waals surface area contributed by atoms with Gasteiger partial charge in [-0.25, -0.2) is 0 Å². The van der Waals surface area contributed by atoms with Crippen molar-refractivity contribution in [1.82, 2.24) is 0 Å². The van der Waals surface area contributed by atoms with E-state index in [0.717, 1.165) is 23.5 Å². The monoisotopic (exact) mass is 238 g/mol. The van der Waals surface area contributed by atoms with Crippen molar-refractivity contribution in [2.24, 2.45) is 0 Å². The largest absolute Gasteiger partial charge is 0.457 e. The smallest absolute Gasteiger partial charge is 0.130 e. The van der Waals surface area contributed by atoms with Gasteiger partial charge in [0, 0.05) is 10.8 Å². The maximum Gasteiger partial charge on any atom is 0.130 e. The van der Waals surface area contributed by atoms with Gasteiger partial charge in [-0.15, -0.1) is 6.58 Å². The average molecular weight is 238 g/mol. The Morgan fingerprint density at radius 2 is 1.56 bits per heavy atom. The average Bonchev–Trinajstić information content (AvgIpc) is 2.45. The Morgan fingerprint density at radius 3 is 2.22 bits per heavy atom. The molecule has 3 heteroatoms. The number of hydrogen-bond donors (Lipinski definition) is 0. The fourth-order valence-corrected chi connectivity index (χ4v) is 1.54. The number of ether oxygens (including phenoxy) is 1. The second-order valence-corrected chi connectivity index (χ2v) is 3.52. The highest BCUT2D eigenvalue weighted by Crippen LogP contribution is 2.25. The van der Waals surface area contributed by atoms with Crippen molar-refractivity contribution >= 4 is 0 Å². The molecule has 18 heavy (non-hydrogen) atoms. The molecule has 90 valence electrons. The summed E-state index contributed by atoms with van der Waals surface area (Å²) in [5, 5.41) is 12.0. The minimum atomic E-state index is 0.822. The first-order chi connectivity index (χ1) is 8.90. The Hall–Kier alpha value is -2.60. The van der Waals surface area contributed by atoms with Crippen LogP contribution in [0.2, 0.25) is 0 Å². The lowest BCUT2D eigenvalue weighted by molar-refractivity contribution is 0.477. The zero-order valence-electron chi connectivity index (χ0n) is 9.99. The summed E-state index contributed by atoms with van der Waals surface area (Å²) in [6.07, 6.45) is 2.70. The van der Waals surface area contributed by atoms with Gasteiger partial charge in [0.2, 0.25) is 0 Å². The van der Waals surface area contributed by atoms with Crippen molar-refractivity contribution in [3.8, 4) is 11.5 Å². The first-order valence-electron chi connectivity index (χ1n) is 5.52. The van der Waals surface area contributed by atoms with Crippen LogP contribution in [0.5, 0.6) is 11.5 Å². The lowest BCUT2D eigenvalue weighted by atomic mass is 10.1. The van der Waals surface area contributed by atoms with Gasteiger partial charge in [-0.2, -0.15) is 0 Å². The molecule has 0 N–H and O–H groups in total. The summed E-state index contributed by atoms with van der Waals surface area (Å²) in [6.45, 7) is 3.75. The van der Waals surface area contributed by atoms with Gasteiger partial charge in [-0.3, -0.25) is 0 Å². The summed E-state index contributed by atoms with van der Waals surface area (Å²) in [7, 11) is 0. The lowest BCUT2D eigenvalue weighted by Crippen LogP contribution is -1.89. The number of rotatable bonds is 4. The quantitative estimate of drug-likeness (QED) is 0.591. The molecule has 2 aromatic rings. The Kier molecular flexibility index (Phi) is 5.71. The Balaban J connectivity index is 0.000000771. The summed E-state index contributed by atoms with van der Waals surface area (Å²) in [4.78, 5) is 0. The number of benzene rings is 2. The normalized spacial score (nSPS) is 8.78. The van der Waals surface area contributed by atoms with Crippen LogP contribution in [0.15, 0.2) is 67.3 Å². The minimum absolute atomic E-state index is 0.822. The van der Waals surface area contributed by atoms with E-state index in [2.05, 4.69) is 12.6 Å². The molecule has 0 heterocycles. The number of hydrogen-bond acceptors (Lipinski definition) is 3. The molecule has 0 unspecified atom stereocenters. The van der Waals surface area contributed by atoms with Crippen LogP contribution in [-0.2, 0) is 6.42 Å². The fourth-order valence-electron chi connectivity index (χ4n) is 1.54. The molecule has 2 aromatic carbocycles. The van der Waals surface area contributed by atoms with Crippen molar-refractivity contribution in [3.63, 3.8) is 0 Å². The van der Waals surface area contributed by atoms with Crippen LogP contribution >= 0.6 is 0 Å². The molecule has 0 saturated carbocycles. The van der Waals surface area contributed by atoms with Crippen LogP contribution in [0.4, 0.5) is 0 Å². The van der Waals surface area contributed by atoms with E-state index in [1.165, 1.54) is 0 Å². The van der Waals surface area contributed by atoms with Crippen LogP contribution in [-0.4, -0.2) is 0 Å². The standard InChI is InChI=1S/C15H14O.N2/c1-2-8-13-9-6-7-12-15(13)16-14-10-4-3-5-11-14;1-2/h2-7,9-12H,1,8H2;. The van der Waals surface area contributed by atoms with Gasteiger partial charge in [0.1, 0.15) is 11.5 Å². The van der Waals surface area contributed by atoms with E-state index in [9.17, 15) is 0 Å². The van der Waals surface area contributed by atoms with Crippen LogP contribution in [0.3, 0.4) is 0 Å². The van der Waals surface area contributed by atoms with Gasteiger partial charge < -0.3 is 4.74 Å². The van der Waals surface area contributed by atoms with E-state index in [4.69, 9.17) is 15.5 Å². The molecular weight excluding hydrogens is 224 g/mol. The van der Waals surface area contributed by atoms with Gasteiger partial charge in [0.15, 0.2) is 0 Å². The summed E-state index contributed by atoms with van der Waals surface area (Å²) >= 11 is 0. The molecule has 0 spiro atoms. The van der Waals surface area contributed by atoms with Crippen molar-refractivity contribution in [3.05, 3.63) is 72.8 Å². The molecule has 0 aliphatic carbocycles. The molecule has 0 atom stereocenters. The molecule has 0 radical (unpaired) electrons. The second-order valence-electron chi connectivity index (χ2n) is 3.52. The van der Waals surface area contributed by atoms with Crippen LogP contribution in [0, 0.1) is 10.8 Å². The number of allylic oxidation sites excluding steroid dienone is 1. The van der Waals surface area contributed by atoms with Crippen LogP contribution in [0.25, 0.3) is 0 Å². The van der Waals surface area contributed by atoms with Crippen LogP contribution in [0.1, 0.15) is 5.56 Å². The molecular formula is C15H14N2O. The van der Waals surface area contributed by atoms with E-state index >= 15 is 0 Å². The Bertz CT molecular complexity index is 506. The highest BCUT2D eigenvalue weighted by Gasteiger charge is 2.01. The molecule has 0 aromatic heterocycles. The van der Waals surface area contributed by atoms with E-state index in [1.54, 1.807) is 0 Å². The summed E-state index contributed by atoms with van der Waals surface area (Å²) in [6, 6.07) is 17.8. The van der Waals surface area contributed by atoms with Gasteiger partial charge in [-0.1, -0.05) is 42.5 Å². The van der Waals surface area contributed by atoms with Crippen molar-refractivity contribution in [1.29, 1.82) is 10.8 Å². The number of nitrogens with zero attached hydrogens (tertiary/aromatic N) is 2. The Labute approximate surface area is 107 Å². The molecule has 3 nitrogen and oxygen atoms in total. The van der Waals surface area contributed by atoms with Gasteiger partial charge >= 0.3 is 0 Å². The van der Waals surface area contributed by atoms with E-state index in [1.807, 2.05) is 54.6 Å². The van der Waals surface area contributed by atoms with E-state index < -0.39 is 0 Å². The van der Waals surface area contributed by atoms with Crippen molar-refractivity contribution < 1.29 is 4.74 Å². The first-order valence-corrected chi connectivity index (χ1v) is 5.52. The zero-order chi connectivity index (χ0) is 13.2. The summed E-state index contributed by atoms with van der Waals surface area (Å²) < 4.78 is 5.81. The third kappa shape index (κ3) is 3.76. The molecule has 0 saturated heterocycles. The fraction of sp³-hybridized carbons (Fsp3) is 0.0667. The highest BCUT2D eigenvalue weighted by molar-refractivity contribution is 5.38. The third-order valence-corrected chi connectivity index (χ3v) is 2.31. The van der Waals surface area contributed by atoms with Gasteiger partial charge in [0.05, 0.1) is 0 Å². The zero-order valence-corrected chi connectivity index (χ0v) is 9.99. The first kappa shape index (κ1) is 13.5. The molecule has 0 aliphatic heterocycles. The van der Waals surface area contributed by atoms with Crippen molar-refractivity contribution in [2.45, 2.75) is 6.42 Å². The second kappa shape index (κ2) is 7.64. The molecule has 2 rings (SSSR count). The van der Waals surface area contributed by atoms with E-state index in [0.29, 0.717) is 0 Å². The summed E-state index contributed by atoms with van der Waals surface area (Å²) in [5.41, 5.74) is 1.15. The SMILES string of the molecule is C=CCc1ccccc1Oc1ccccc1.N#N. The maximum absolute atomic E-state index is 6.00. The highest BCUT2D eigenvalue weighted by atomic mass is 16.5. The minimum Gasteiger partial charge on any atom is -0.457 e. The van der Waals surface area contributed by atoms with Gasteiger partial charge in [-0.05, 0) is 30.2 Å². The molecule has 0 fully saturated rings. The van der Waals surface area contributed by atoms with Gasteiger partial charge in [0.25, 0.3) is 0 Å². The molecule has 0 bridgehead atoms. The van der Waals surface area contributed by atoms with Crippen LogP contribution < -0.4 is 4.74 Å². The third-order valence-electron chi connectivity index (χ3n) is 2.31. The maximum atomic E-state index is 6.00. The lowest BCUT2D eigenvalue weighted by Gasteiger charge is -2.09. The van der Waals surface area contributed by atoms with E-state index in [-0.39, 0.29) is 0 Å². The topological polar surface area (TPSA) is 56.8 Å². The molecule has 0 amide bonds. The predicted molar refractivity (Wildman–Crippen MR) is 70.3 cm³/mol.